The number of carbonyl (C=O) groups is 1. The minimum Gasteiger partial charge on any atom is -0.460 e. The third-order valence-corrected chi connectivity index (χ3v) is 7.54. The Morgan fingerprint density at radius 3 is 2.74 bits per heavy atom. The Hall–Kier alpha value is -2.86. The number of esters is 1. The van der Waals surface area contributed by atoms with Crippen LogP contribution >= 0.6 is 11.6 Å². The van der Waals surface area contributed by atoms with Crippen molar-refractivity contribution in [2.75, 3.05) is 13.1 Å². The van der Waals surface area contributed by atoms with Crippen LogP contribution in [-0.4, -0.2) is 36.2 Å². The van der Waals surface area contributed by atoms with E-state index < -0.39 is 21.9 Å². The molecule has 0 aliphatic carbocycles. The summed E-state index contributed by atoms with van der Waals surface area (Å²) in [6.45, 7) is 0.370. The van der Waals surface area contributed by atoms with E-state index in [0.29, 0.717) is 35.5 Å². The molecule has 1 atom stereocenters. The van der Waals surface area contributed by atoms with E-state index in [-0.39, 0.29) is 18.0 Å². The fourth-order valence-electron chi connectivity index (χ4n) is 3.79. The van der Waals surface area contributed by atoms with E-state index in [9.17, 15) is 18.5 Å². The average molecular weight is 458 g/mol. The molecule has 7 nitrogen and oxygen atoms in total. The first-order chi connectivity index (χ1) is 14.9. The lowest BCUT2D eigenvalue weighted by atomic mass is 10.00. The maximum atomic E-state index is 12.9. The number of ether oxygens (including phenoxy) is 1. The van der Waals surface area contributed by atoms with Gasteiger partial charge in [-0.25, -0.2) is 8.42 Å². The number of pyridine rings is 1. The molecule has 1 aliphatic heterocycles. The summed E-state index contributed by atoms with van der Waals surface area (Å²) in [6, 6.07) is 13.6. The highest BCUT2D eigenvalue weighted by molar-refractivity contribution is 7.89. The quantitative estimate of drug-likeness (QED) is 0.546. The molecule has 1 fully saturated rings. The van der Waals surface area contributed by atoms with E-state index in [1.807, 2.05) is 28.8 Å². The van der Waals surface area contributed by atoms with Crippen molar-refractivity contribution in [3.63, 3.8) is 0 Å². The molecule has 3 heterocycles. The van der Waals surface area contributed by atoms with E-state index in [1.165, 1.54) is 28.6 Å². The zero-order valence-electron chi connectivity index (χ0n) is 16.6. The van der Waals surface area contributed by atoms with Crippen molar-refractivity contribution in [1.29, 1.82) is 5.26 Å². The second-order valence-corrected chi connectivity index (χ2v) is 9.77. The molecule has 0 bridgehead atoms. The topological polar surface area (TPSA) is 91.9 Å². The molecule has 1 aliphatic rings. The molecule has 160 valence electrons. The maximum absolute atomic E-state index is 12.9. The second kappa shape index (κ2) is 8.71. The smallest absolute Gasteiger partial charge is 0.310 e. The normalized spacial score (nSPS) is 17.4. The minimum absolute atomic E-state index is 0.0379. The summed E-state index contributed by atoms with van der Waals surface area (Å²) in [6.07, 6.45) is 4.70. The van der Waals surface area contributed by atoms with Crippen molar-refractivity contribution < 1.29 is 17.9 Å². The van der Waals surface area contributed by atoms with Gasteiger partial charge in [-0.1, -0.05) is 17.7 Å². The van der Waals surface area contributed by atoms with Gasteiger partial charge in [0.2, 0.25) is 10.0 Å². The van der Waals surface area contributed by atoms with Crippen LogP contribution in [-0.2, 0) is 26.2 Å². The lowest BCUT2D eigenvalue weighted by Gasteiger charge is -2.30. The van der Waals surface area contributed by atoms with Gasteiger partial charge in [-0.2, -0.15) is 9.57 Å². The third-order valence-electron chi connectivity index (χ3n) is 5.41. The Morgan fingerprint density at radius 2 is 2.00 bits per heavy atom. The van der Waals surface area contributed by atoms with Gasteiger partial charge in [-0.3, -0.25) is 4.79 Å². The van der Waals surface area contributed by atoms with Gasteiger partial charge in [-0.05, 0) is 49.2 Å². The molecular weight excluding hydrogens is 438 g/mol. The summed E-state index contributed by atoms with van der Waals surface area (Å²) in [7, 11) is -3.72. The van der Waals surface area contributed by atoms with Gasteiger partial charge in [0.1, 0.15) is 12.7 Å². The lowest BCUT2D eigenvalue weighted by Crippen LogP contribution is -2.42. The monoisotopic (exact) mass is 457 g/mol. The van der Waals surface area contributed by atoms with Crippen molar-refractivity contribution in [2.45, 2.75) is 24.3 Å². The van der Waals surface area contributed by atoms with Gasteiger partial charge < -0.3 is 9.14 Å². The van der Waals surface area contributed by atoms with Crippen molar-refractivity contribution in [3.8, 4) is 6.07 Å². The van der Waals surface area contributed by atoms with E-state index >= 15 is 0 Å². The zero-order chi connectivity index (χ0) is 22.0. The number of halogens is 1. The molecule has 0 amide bonds. The molecule has 4 rings (SSSR count). The number of benzene rings is 1. The first-order valence-electron chi connectivity index (χ1n) is 9.81. The molecule has 1 aromatic carbocycles. The van der Waals surface area contributed by atoms with Crippen LogP contribution in [0.1, 0.15) is 24.0 Å². The Morgan fingerprint density at radius 1 is 1.23 bits per heavy atom. The molecule has 31 heavy (non-hydrogen) atoms. The van der Waals surface area contributed by atoms with Gasteiger partial charge in [0.05, 0.1) is 21.9 Å². The number of fused-ring (bicyclic) bond motifs is 1. The number of hydrogen-bond acceptors (Lipinski definition) is 5. The highest BCUT2D eigenvalue weighted by Crippen LogP contribution is 2.26. The minimum atomic E-state index is -3.72. The summed E-state index contributed by atoms with van der Waals surface area (Å²) in [5.41, 5.74) is 1.82. The molecule has 1 unspecified atom stereocenters. The van der Waals surface area contributed by atoms with E-state index in [1.54, 1.807) is 6.20 Å². The Labute approximate surface area is 185 Å². The van der Waals surface area contributed by atoms with Crippen LogP contribution in [0.5, 0.6) is 0 Å². The Balaban J connectivity index is 1.45. The van der Waals surface area contributed by atoms with Gasteiger partial charge in [-0.15, -0.1) is 0 Å². The number of hydrogen-bond donors (Lipinski definition) is 0. The second-order valence-electron chi connectivity index (χ2n) is 7.40. The fraction of sp³-hybridized carbons (Fsp3) is 0.273. The van der Waals surface area contributed by atoms with Crippen LogP contribution in [0.3, 0.4) is 0 Å². The maximum Gasteiger partial charge on any atom is 0.310 e. The number of rotatable bonds is 5. The number of sulfonamides is 1. The molecule has 2 aromatic heterocycles. The number of nitriles is 1. The molecule has 0 N–H and O–H groups in total. The largest absolute Gasteiger partial charge is 0.460 e. The van der Waals surface area contributed by atoms with Crippen molar-refractivity contribution in [3.05, 3.63) is 71.0 Å². The molecule has 9 heteroatoms. The van der Waals surface area contributed by atoms with Crippen LogP contribution in [0.25, 0.3) is 5.52 Å². The van der Waals surface area contributed by atoms with Gasteiger partial charge in [0, 0.05) is 36.1 Å². The number of piperidine rings is 1. The average Bonchev–Trinajstić information content (AvgIpc) is 3.15. The molecule has 1 saturated heterocycles. The van der Waals surface area contributed by atoms with Crippen LogP contribution in [0, 0.1) is 17.2 Å². The van der Waals surface area contributed by atoms with Crippen LogP contribution in [0.4, 0.5) is 0 Å². The van der Waals surface area contributed by atoms with Crippen LogP contribution < -0.4 is 0 Å². The Kier molecular flexibility index (Phi) is 6.01. The molecule has 0 radical (unpaired) electrons. The van der Waals surface area contributed by atoms with E-state index in [0.717, 1.165) is 5.52 Å². The standard InChI is InChI=1S/C22H20ClN3O4S/c23-18-6-8-19(9-7-18)31(28,29)26-11-3-4-16(14-26)22(27)30-15-17-13-25-10-2-1-5-21(25)20(17)12-24/h1-2,5-10,13,16H,3-4,11,14-15H2. The van der Waals surface area contributed by atoms with Crippen LogP contribution in [0.15, 0.2) is 59.8 Å². The summed E-state index contributed by atoms with van der Waals surface area (Å²) >= 11 is 5.85. The molecule has 3 aromatic rings. The first kappa shape index (κ1) is 21.4. The predicted molar refractivity (Wildman–Crippen MR) is 115 cm³/mol. The van der Waals surface area contributed by atoms with Crippen molar-refractivity contribution >= 4 is 33.1 Å². The third kappa shape index (κ3) is 4.30. The highest BCUT2D eigenvalue weighted by atomic mass is 35.5. The summed E-state index contributed by atoms with van der Waals surface area (Å²) in [5.74, 6) is -1.02. The summed E-state index contributed by atoms with van der Waals surface area (Å²) < 4.78 is 34.4. The predicted octanol–water partition coefficient (Wildman–Crippen LogP) is 3.61. The number of nitrogens with zero attached hydrogens (tertiary/aromatic N) is 3. The lowest BCUT2D eigenvalue weighted by molar-refractivity contribution is -0.151. The SMILES string of the molecule is N#Cc1c(COC(=O)C2CCCN(S(=O)(=O)c3ccc(Cl)cc3)C2)cn2ccccc12. The summed E-state index contributed by atoms with van der Waals surface area (Å²) in [5, 5.41) is 9.94. The number of aromatic nitrogens is 1. The van der Waals surface area contributed by atoms with Crippen LogP contribution in [0.2, 0.25) is 5.02 Å². The Bertz CT molecular complexity index is 1260. The van der Waals surface area contributed by atoms with Gasteiger partial charge in [0.25, 0.3) is 0 Å². The van der Waals surface area contributed by atoms with Gasteiger partial charge >= 0.3 is 5.97 Å². The van der Waals surface area contributed by atoms with Crippen molar-refractivity contribution in [1.82, 2.24) is 8.71 Å². The zero-order valence-corrected chi connectivity index (χ0v) is 18.1. The van der Waals surface area contributed by atoms with E-state index in [2.05, 4.69) is 6.07 Å². The molecular formula is C22H20ClN3O4S. The first-order valence-corrected chi connectivity index (χ1v) is 11.6. The molecule has 0 saturated carbocycles. The fourth-order valence-corrected chi connectivity index (χ4v) is 5.44. The number of carbonyl (C=O) groups excluding carboxylic acids is 1. The molecule has 0 spiro atoms. The van der Waals surface area contributed by atoms with Gasteiger partial charge in [0.15, 0.2) is 0 Å². The van der Waals surface area contributed by atoms with E-state index in [4.69, 9.17) is 16.3 Å². The highest BCUT2D eigenvalue weighted by Gasteiger charge is 2.34. The summed E-state index contributed by atoms with van der Waals surface area (Å²) in [4.78, 5) is 12.8. The van der Waals surface area contributed by atoms with Crippen molar-refractivity contribution in [2.24, 2.45) is 5.92 Å².